The smallest absolute Gasteiger partial charge is 0.318 e. The fraction of sp³-hybridized carbons (Fsp3) is 0.769. The molecular weight excluding hydrogens is 258 g/mol. The first-order valence-electron chi connectivity index (χ1n) is 7.11. The Labute approximate surface area is 120 Å². The van der Waals surface area contributed by atoms with Gasteiger partial charge in [-0.3, -0.25) is 4.79 Å². The van der Waals surface area contributed by atoms with Crippen molar-refractivity contribution in [2.45, 2.75) is 34.2 Å². The highest BCUT2D eigenvalue weighted by atomic mass is 16.4. The van der Waals surface area contributed by atoms with Crippen molar-refractivity contribution in [3.8, 4) is 0 Å². The number of aromatic nitrogens is 2. The van der Waals surface area contributed by atoms with Crippen LogP contribution in [0.3, 0.4) is 0 Å². The van der Waals surface area contributed by atoms with Crippen LogP contribution in [0.4, 0.5) is 6.01 Å². The Kier molecular flexibility index (Phi) is 7.00. The molecule has 0 saturated heterocycles. The van der Waals surface area contributed by atoms with Crippen molar-refractivity contribution in [1.29, 1.82) is 0 Å². The monoisotopic (exact) mass is 283 g/mol. The Balaban J connectivity index is 2.52. The molecule has 1 heterocycles. The number of nitrogens with one attached hydrogen (secondary N) is 2. The molecule has 1 rings (SSSR count). The van der Waals surface area contributed by atoms with Crippen molar-refractivity contribution in [1.82, 2.24) is 20.8 Å². The van der Waals surface area contributed by atoms with Crippen LogP contribution < -0.4 is 15.5 Å². The van der Waals surface area contributed by atoms with Gasteiger partial charge in [-0.2, -0.15) is 0 Å². The minimum Gasteiger partial charge on any atom is -0.407 e. The van der Waals surface area contributed by atoms with Crippen molar-refractivity contribution in [2.75, 3.05) is 31.1 Å². The fourth-order valence-corrected chi connectivity index (χ4v) is 1.65. The van der Waals surface area contributed by atoms with Gasteiger partial charge < -0.3 is 20.0 Å². The highest BCUT2D eigenvalue weighted by molar-refractivity contribution is 5.80. The molecule has 0 radical (unpaired) electrons. The summed E-state index contributed by atoms with van der Waals surface area (Å²) in [6.07, 6.45) is 0. The molecule has 2 N–H and O–H groups in total. The zero-order chi connectivity index (χ0) is 15.0. The molecule has 0 unspecified atom stereocenters. The van der Waals surface area contributed by atoms with E-state index in [0.717, 1.165) is 6.54 Å². The molecule has 0 bridgehead atoms. The van der Waals surface area contributed by atoms with Crippen LogP contribution in [0.2, 0.25) is 0 Å². The number of anilines is 1. The second-order valence-corrected chi connectivity index (χ2v) is 4.97. The summed E-state index contributed by atoms with van der Waals surface area (Å²) >= 11 is 0. The molecule has 7 heteroatoms. The molecular formula is C13H25N5O2. The van der Waals surface area contributed by atoms with Crippen LogP contribution in [0, 0.1) is 5.92 Å². The quantitative estimate of drug-likeness (QED) is 0.697. The number of amides is 1. The van der Waals surface area contributed by atoms with E-state index in [9.17, 15) is 4.79 Å². The Bertz CT molecular complexity index is 405. The summed E-state index contributed by atoms with van der Waals surface area (Å²) in [5.41, 5.74) is 0. The molecule has 0 spiro atoms. The van der Waals surface area contributed by atoms with Gasteiger partial charge in [0.15, 0.2) is 0 Å². The van der Waals surface area contributed by atoms with Gasteiger partial charge >= 0.3 is 6.01 Å². The van der Waals surface area contributed by atoms with Gasteiger partial charge in [0, 0.05) is 13.1 Å². The highest BCUT2D eigenvalue weighted by Gasteiger charge is 2.15. The summed E-state index contributed by atoms with van der Waals surface area (Å²) in [4.78, 5) is 13.3. The normalized spacial score (nSPS) is 10.8. The van der Waals surface area contributed by atoms with Gasteiger partial charge in [-0.25, -0.2) is 0 Å². The van der Waals surface area contributed by atoms with E-state index in [2.05, 4.69) is 34.7 Å². The van der Waals surface area contributed by atoms with Crippen molar-refractivity contribution in [3.05, 3.63) is 5.89 Å². The second kappa shape index (κ2) is 8.52. The third-order valence-electron chi connectivity index (χ3n) is 2.65. The minimum atomic E-state index is -0.0490. The molecule has 7 nitrogen and oxygen atoms in total. The Morgan fingerprint density at radius 1 is 1.35 bits per heavy atom. The predicted molar refractivity (Wildman–Crippen MR) is 77.4 cm³/mol. The molecule has 0 aliphatic rings. The number of hydrogen-bond donors (Lipinski definition) is 2. The third-order valence-corrected chi connectivity index (χ3v) is 2.65. The van der Waals surface area contributed by atoms with E-state index in [0.29, 0.717) is 37.5 Å². The molecule has 0 atom stereocenters. The van der Waals surface area contributed by atoms with Crippen molar-refractivity contribution in [2.24, 2.45) is 5.92 Å². The van der Waals surface area contributed by atoms with E-state index < -0.39 is 0 Å². The van der Waals surface area contributed by atoms with E-state index in [1.54, 1.807) is 4.90 Å². The Morgan fingerprint density at radius 2 is 2.10 bits per heavy atom. The van der Waals surface area contributed by atoms with E-state index in [1.807, 2.05) is 13.8 Å². The molecule has 1 aromatic rings. The molecule has 0 saturated carbocycles. The van der Waals surface area contributed by atoms with Crippen molar-refractivity contribution >= 4 is 11.9 Å². The molecule has 0 aliphatic carbocycles. The largest absolute Gasteiger partial charge is 0.407 e. The summed E-state index contributed by atoms with van der Waals surface area (Å²) in [7, 11) is 0. The Morgan fingerprint density at radius 3 is 2.70 bits per heavy atom. The first kappa shape index (κ1) is 16.4. The van der Waals surface area contributed by atoms with Gasteiger partial charge in [-0.1, -0.05) is 18.9 Å². The number of hydrogen-bond acceptors (Lipinski definition) is 6. The average molecular weight is 283 g/mol. The predicted octanol–water partition coefficient (Wildman–Crippen LogP) is 0.778. The standard InChI is InChI=1S/C13H25N5O2/c1-5-15-11(19)9-18(6-2)13-17-16-12(20-13)8-14-7-10(3)4/h10,14H,5-9H2,1-4H3,(H,15,19). The lowest BCUT2D eigenvalue weighted by atomic mass is 10.2. The summed E-state index contributed by atoms with van der Waals surface area (Å²) in [5.74, 6) is 1.06. The number of nitrogens with zero attached hydrogens (tertiary/aromatic N) is 3. The van der Waals surface area contributed by atoms with Crippen molar-refractivity contribution in [3.63, 3.8) is 0 Å². The van der Waals surface area contributed by atoms with Crippen LogP contribution >= 0.6 is 0 Å². The van der Waals surface area contributed by atoms with Crippen LogP contribution in [0.25, 0.3) is 0 Å². The van der Waals surface area contributed by atoms with Gasteiger partial charge in [-0.05, 0) is 26.3 Å². The maximum Gasteiger partial charge on any atom is 0.318 e. The molecule has 114 valence electrons. The van der Waals surface area contributed by atoms with Crippen LogP contribution in [0.1, 0.15) is 33.6 Å². The topological polar surface area (TPSA) is 83.3 Å². The highest BCUT2D eigenvalue weighted by Crippen LogP contribution is 2.11. The summed E-state index contributed by atoms with van der Waals surface area (Å²) in [6.45, 7) is 11.0. The van der Waals surface area contributed by atoms with E-state index in [1.165, 1.54) is 0 Å². The average Bonchev–Trinajstić information content (AvgIpc) is 2.84. The number of carbonyl (C=O) groups excluding carboxylic acids is 1. The maximum atomic E-state index is 11.6. The molecule has 20 heavy (non-hydrogen) atoms. The number of likely N-dealkylation sites (N-methyl/N-ethyl adjacent to an activating group) is 2. The van der Waals surface area contributed by atoms with Gasteiger partial charge in [0.05, 0.1) is 6.54 Å². The second-order valence-electron chi connectivity index (χ2n) is 4.97. The third kappa shape index (κ3) is 5.56. The molecule has 0 aliphatic heterocycles. The lowest BCUT2D eigenvalue weighted by molar-refractivity contribution is -0.119. The number of carbonyl (C=O) groups is 1. The van der Waals surface area contributed by atoms with Crippen LogP contribution in [-0.4, -0.2) is 42.3 Å². The first-order valence-corrected chi connectivity index (χ1v) is 7.11. The van der Waals surface area contributed by atoms with Gasteiger partial charge in [0.1, 0.15) is 6.54 Å². The number of rotatable bonds is 9. The van der Waals surface area contributed by atoms with Gasteiger partial charge in [0.25, 0.3) is 0 Å². The van der Waals surface area contributed by atoms with Gasteiger partial charge in [-0.15, -0.1) is 5.10 Å². The van der Waals surface area contributed by atoms with E-state index in [-0.39, 0.29) is 12.5 Å². The van der Waals surface area contributed by atoms with Crippen molar-refractivity contribution < 1.29 is 9.21 Å². The molecule has 1 amide bonds. The van der Waals surface area contributed by atoms with Crippen LogP contribution in [0.15, 0.2) is 4.42 Å². The minimum absolute atomic E-state index is 0.0490. The van der Waals surface area contributed by atoms with Gasteiger partial charge in [0.2, 0.25) is 11.8 Å². The maximum absolute atomic E-state index is 11.6. The molecule has 1 aromatic heterocycles. The fourth-order valence-electron chi connectivity index (χ4n) is 1.65. The SMILES string of the molecule is CCNC(=O)CN(CC)c1nnc(CNCC(C)C)o1. The lowest BCUT2D eigenvalue weighted by Crippen LogP contribution is -2.37. The zero-order valence-corrected chi connectivity index (χ0v) is 12.8. The molecule has 0 aromatic carbocycles. The summed E-state index contributed by atoms with van der Waals surface area (Å²) in [6, 6.07) is 0.389. The van der Waals surface area contributed by atoms with E-state index in [4.69, 9.17) is 4.42 Å². The summed E-state index contributed by atoms with van der Waals surface area (Å²) < 4.78 is 5.56. The van der Waals surface area contributed by atoms with Crippen LogP contribution in [0.5, 0.6) is 0 Å². The van der Waals surface area contributed by atoms with Crippen LogP contribution in [-0.2, 0) is 11.3 Å². The first-order chi connectivity index (χ1) is 9.56. The zero-order valence-electron chi connectivity index (χ0n) is 12.8. The lowest BCUT2D eigenvalue weighted by Gasteiger charge is -2.16. The van der Waals surface area contributed by atoms with E-state index >= 15 is 0 Å². The Hall–Kier alpha value is -1.63. The summed E-state index contributed by atoms with van der Waals surface area (Å²) in [5, 5.41) is 14.0. The molecule has 0 fully saturated rings.